The molecule has 2 N–H and O–H groups in total. The Morgan fingerprint density at radius 1 is 1.56 bits per heavy atom. The number of aliphatic hydroxyl groups excluding tert-OH is 1. The molecule has 1 aliphatic heterocycles. The van der Waals surface area contributed by atoms with E-state index in [1.807, 2.05) is 6.08 Å². The van der Waals surface area contributed by atoms with Gasteiger partial charge in [0, 0.05) is 12.2 Å². The molecule has 0 unspecified atom stereocenters. The van der Waals surface area contributed by atoms with Crippen molar-refractivity contribution < 1.29 is 5.11 Å². The van der Waals surface area contributed by atoms with Gasteiger partial charge in [-0.05, 0) is 25.3 Å². The van der Waals surface area contributed by atoms with Crippen LogP contribution in [0, 0.1) is 0 Å². The van der Waals surface area contributed by atoms with Crippen LogP contribution in [0.2, 0.25) is 0 Å². The first kappa shape index (κ1) is 6.62. The predicted octanol–water partition coefficient (Wildman–Crippen LogP) is 0.636. The molecule has 0 aliphatic carbocycles. The molecule has 0 spiro atoms. The second-order valence-electron chi connectivity index (χ2n) is 2.30. The Labute approximate surface area is 55.6 Å². The highest BCUT2D eigenvalue weighted by molar-refractivity contribution is 5.01. The quantitative estimate of drug-likeness (QED) is 0.541. The van der Waals surface area contributed by atoms with Gasteiger partial charge in [0.05, 0.1) is 6.61 Å². The van der Waals surface area contributed by atoms with Crippen LogP contribution in [0.15, 0.2) is 11.8 Å². The normalized spacial score (nSPS) is 23.9. The van der Waals surface area contributed by atoms with Crippen molar-refractivity contribution in [2.75, 3.05) is 13.2 Å². The third kappa shape index (κ3) is 2.06. The summed E-state index contributed by atoms with van der Waals surface area (Å²) in [5.41, 5.74) is 1.21. The van der Waals surface area contributed by atoms with E-state index in [0.717, 1.165) is 13.0 Å². The fraction of sp³-hybridized carbons (Fsp3) is 0.714. The molecule has 1 heterocycles. The second-order valence-corrected chi connectivity index (χ2v) is 2.30. The van der Waals surface area contributed by atoms with Gasteiger partial charge in [-0.2, -0.15) is 0 Å². The Kier molecular flexibility index (Phi) is 2.58. The highest BCUT2D eigenvalue weighted by Crippen LogP contribution is 2.08. The van der Waals surface area contributed by atoms with Gasteiger partial charge in [-0.3, -0.25) is 0 Å². The molecule has 2 heteroatoms. The van der Waals surface area contributed by atoms with Crippen molar-refractivity contribution >= 4 is 0 Å². The van der Waals surface area contributed by atoms with Crippen molar-refractivity contribution in [2.24, 2.45) is 0 Å². The van der Waals surface area contributed by atoms with Crippen LogP contribution in [0.5, 0.6) is 0 Å². The van der Waals surface area contributed by atoms with Gasteiger partial charge >= 0.3 is 0 Å². The average Bonchev–Trinajstić information content (AvgIpc) is 1.91. The fourth-order valence-electron chi connectivity index (χ4n) is 1.06. The molecule has 1 rings (SSSR count). The Hall–Kier alpha value is -0.500. The number of piperidine rings is 1. The first-order chi connectivity index (χ1) is 4.43. The Bertz CT molecular complexity index is 101. The van der Waals surface area contributed by atoms with E-state index < -0.39 is 0 Å². The van der Waals surface area contributed by atoms with Gasteiger partial charge in [0.15, 0.2) is 0 Å². The Morgan fingerprint density at radius 3 is 3.00 bits per heavy atom. The highest BCUT2D eigenvalue weighted by Gasteiger charge is 2.01. The predicted molar refractivity (Wildman–Crippen MR) is 37.0 cm³/mol. The minimum Gasteiger partial charge on any atom is -0.392 e. The van der Waals surface area contributed by atoms with E-state index in [2.05, 4.69) is 5.32 Å². The summed E-state index contributed by atoms with van der Waals surface area (Å²) in [5.74, 6) is 0. The standard InChI is InChI=1S/C7H13NO/c9-6-4-7-3-1-2-5-8-7/h4,8-9H,1-3,5-6H2. The smallest absolute Gasteiger partial charge is 0.0631 e. The van der Waals surface area contributed by atoms with Crippen LogP contribution >= 0.6 is 0 Å². The van der Waals surface area contributed by atoms with E-state index in [-0.39, 0.29) is 6.61 Å². The number of aliphatic hydroxyl groups is 1. The van der Waals surface area contributed by atoms with Crippen LogP contribution in [-0.2, 0) is 0 Å². The van der Waals surface area contributed by atoms with E-state index in [0.29, 0.717) is 0 Å². The topological polar surface area (TPSA) is 32.3 Å². The zero-order valence-corrected chi connectivity index (χ0v) is 5.56. The van der Waals surface area contributed by atoms with Gasteiger partial charge < -0.3 is 10.4 Å². The maximum atomic E-state index is 8.50. The summed E-state index contributed by atoms with van der Waals surface area (Å²) in [6.45, 7) is 1.24. The Balaban J connectivity index is 2.30. The molecular weight excluding hydrogens is 114 g/mol. The van der Waals surface area contributed by atoms with Gasteiger partial charge in [-0.25, -0.2) is 0 Å². The van der Waals surface area contributed by atoms with E-state index in [1.54, 1.807) is 0 Å². The number of rotatable bonds is 1. The van der Waals surface area contributed by atoms with Crippen molar-refractivity contribution in [1.29, 1.82) is 0 Å². The van der Waals surface area contributed by atoms with E-state index >= 15 is 0 Å². The second kappa shape index (κ2) is 3.51. The number of nitrogens with one attached hydrogen (secondary N) is 1. The van der Waals surface area contributed by atoms with Crippen molar-refractivity contribution in [3.8, 4) is 0 Å². The molecule has 0 radical (unpaired) electrons. The van der Waals surface area contributed by atoms with Crippen molar-refractivity contribution in [3.05, 3.63) is 11.8 Å². The summed E-state index contributed by atoms with van der Waals surface area (Å²) >= 11 is 0. The lowest BCUT2D eigenvalue weighted by Crippen LogP contribution is -2.19. The molecule has 0 amide bonds. The van der Waals surface area contributed by atoms with Crippen LogP contribution in [0.4, 0.5) is 0 Å². The molecule has 9 heavy (non-hydrogen) atoms. The minimum absolute atomic E-state index is 0.169. The fourth-order valence-corrected chi connectivity index (χ4v) is 1.06. The molecule has 1 saturated heterocycles. The summed E-state index contributed by atoms with van der Waals surface area (Å²) in [6, 6.07) is 0. The van der Waals surface area contributed by atoms with Crippen molar-refractivity contribution in [1.82, 2.24) is 5.32 Å². The average molecular weight is 127 g/mol. The van der Waals surface area contributed by atoms with Crippen LogP contribution in [0.3, 0.4) is 0 Å². The third-order valence-electron chi connectivity index (χ3n) is 1.56. The highest BCUT2D eigenvalue weighted by atomic mass is 16.2. The first-order valence-corrected chi connectivity index (χ1v) is 3.47. The molecule has 0 atom stereocenters. The molecule has 0 aromatic carbocycles. The molecule has 1 aliphatic rings. The largest absolute Gasteiger partial charge is 0.392 e. The summed E-state index contributed by atoms with van der Waals surface area (Å²) in [6.07, 6.45) is 5.49. The molecule has 52 valence electrons. The van der Waals surface area contributed by atoms with E-state index in [1.165, 1.54) is 18.5 Å². The molecule has 0 aromatic rings. The lowest BCUT2D eigenvalue weighted by Gasteiger charge is -2.15. The zero-order chi connectivity index (χ0) is 6.53. The molecule has 0 saturated carbocycles. The van der Waals surface area contributed by atoms with Gasteiger partial charge in [-0.15, -0.1) is 0 Å². The SMILES string of the molecule is OCC=C1CCCCN1. The maximum absolute atomic E-state index is 8.50. The zero-order valence-electron chi connectivity index (χ0n) is 5.56. The molecular formula is C7H13NO. The van der Waals surface area contributed by atoms with Crippen molar-refractivity contribution in [2.45, 2.75) is 19.3 Å². The molecule has 2 nitrogen and oxygen atoms in total. The minimum atomic E-state index is 0.169. The van der Waals surface area contributed by atoms with Gasteiger partial charge in [-0.1, -0.05) is 0 Å². The molecule has 1 fully saturated rings. The summed E-state index contributed by atoms with van der Waals surface area (Å²) < 4.78 is 0. The van der Waals surface area contributed by atoms with Crippen LogP contribution in [0.25, 0.3) is 0 Å². The van der Waals surface area contributed by atoms with E-state index in [9.17, 15) is 0 Å². The lowest BCUT2D eigenvalue weighted by molar-refractivity contribution is 0.340. The Morgan fingerprint density at radius 2 is 2.44 bits per heavy atom. The van der Waals surface area contributed by atoms with Crippen LogP contribution in [-0.4, -0.2) is 18.3 Å². The van der Waals surface area contributed by atoms with E-state index in [4.69, 9.17) is 5.11 Å². The van der Waals surface area contributed by atoms with Crippen molar-refractivity contribution in [3.63, 3.8) is 0 Å². The monoisotopic (exact) mass is 127 g/mol. The van der Waals surface area contributed by atoms with Gasteiger partial charge in [0.1, 0.15) is 0 Å². The number of allylic oxidation sites excluding steroid dienone is 1. The van der Waals surface area contributed by atoms with Crippen LogP contribution in [0.1, 0.15) is 19.3 Å². The molecule has 0 aromatic heterocycles. The summed E-state index contributed by atoms with van der Waals surface area (Å²) in [7, 11) is 0. The van der Waals surface area contributed by atoms with Gasteiger partial charge in [0.25, 0.3) is 0 Å². The van der Waals surface area contributed by atoms with Gasteiger partial charge in [0.2, 0.25) is 0 Å². The number of hydrogen-bond acceptors (Lipinski definition) is 2. The lowest BCUT2D eigenvalue weighted by atomic mass is 10.1. The first-order valence-electron chi connectivity index (χ1n) is 3.47. The third-order valence-corrected chi connectivity index (χ3v) is 1.56. The summed E-state index contributed by atoms with van der Waals surface area (Å²) in [4.78, 5) is 0. The summed E-state index contributed by atoms with van der Waals surface area (Å²) in [5, 5.41) is 11.7. The molecule has 0 bridgehead atoms. The number of hydrogen-bond donors (Lipinski definition) is 2. The maximum Gasteiger partial charge on any atom is 0.0631 e. The van der Waals surface area contributed by atoms with Crippen LogP contribution < -0.4 is 5.32 Å².